The van der Waals surface area contributed by atoms with Gasteiger partial charge in [0.05, 0.1) is 25.0 Å². The van der Waals surface area contributed by atoms with Crippen LogP contribution in [0.2, 0.25) is 0 Å². The van der Waals surface area contributed by atoms with E-state index in [2.05, 4.69) is 37.4 Å². The Morgan fingerprint density at radius 2 is 1.84 bits per heavy atom. The van der Waals surface area contributed by atoms with Gasteiger partial charge in [0.1, 0.15) is 5.75 Å². The number of fused-ring (bicyclic) bond motifs is 1. The number of rotatable bonds is 6. The molecule has 0 aliphatic carbocycles. The number of methoxy groups -OCH3 is 1. The van der Waals surface area contributed by atoms with Crippen LogP contribution in [0.1, 0.15) is 5.56 Å². The van der Waals surface area contributed by atoms with Crippen molar-refractivity contribution in [1.29, 1.82) is 0 Å². The molecule has 1 saturated heterocycles. The predicted octanol–water partition coefficient (Wildman–Crippen LogP) is 3.77. The minimum atomic E-state index is -1.19. The Bertz CT molecular complexity index is 1360. The molecule has 3 aromatic rings. The number of nitrogens with zero attached hydrogens (tertiary/aromatic N) is 6. The largest absolute Gasteiger partial charge is 0.494 e. The average molecular weight is 519 g/mol. The number of urea groups is 1. The number of ether oxygens (including phenoxy) is 1. The zero-order valence-electron chi connectivity index (χ0n) is 21.5. The molecule has 5 rings (SSSR count). The number of hydrogen-bond donors (Lipinski definition) is 3. The minimum absolute atomic E-state index is 0.288. The molecule has 0 radical (unpaired) electrons. The number of aromatic nitrogens is 2. The molecule has 0 saturated carbocycles. The summed E-state index contributed by atoms with van der Waals surface area (Å²) in [6.07, 6.45) is 0.497. The molecule has 2 aromatic carbocycles. The molecule has 2 aliphatic heterocycles. The highest BCUT2D eigenvalue weighted by atomic mass is 16.5. The molecule has 38 heavy (non-hydrogen) atoms. The summed E-state index contributed by atoms with van der Waals surface area (Å²) < 4.78 is 5.67. The Kier molecular flexibility index (Phi) is 6.88. The molecule has 1 aromatic heterocycles. The van der Waals surface area contributed by atoms with Crippen LogP contribution in [0, 0.1) is 0 Å². The van der Waals surface area contributed by atoms with E-state index in [0.717, 1.165) is 37.4 Å². The molecule has 2 aliphatic rings. The van der Waals surface area contributed by atoms with Crippen LogP contribution in [0.15, 0.2) is 48.7 Å². The second kappa shape index (κ2) is 10.4. The Morgan fingerprint density at radius 3 is 2.58 bits per heavy atom. The molecule has 3 N–H and O–H groups in total. The molecule has 3 heterocycles. The van der Waals surface area contributed by atoms with E-state index in [1.54, 1.807) is 49.5 Å². The number of nitrogens with one attached hydrogen (secondary N) is 2. The number of hydrogen-bond acceptors (Lipinski definition) is 8. The number of likely N-dealkylation sites (N-methyl/N-ethyl adjacent to an activating group) is 1. The smallest absolute Gasteiger partial charge is 0.409 e. The van der Waals surface area contributed by atoms with E-state index in [9.17, 15) is 9.59 Å². The number of carboxylic acid groups (broad SMARTS) is 1. The summed E-state index contributed by atoms with van der Waals surface area (Å²) in [5.41, 5.74) is 3.36. The van der Waals surface area contributed by atoms with Gasteiger partial charge in [0.25, 0.3) is 0 Å². The second-order valence-electron chi connectivity index (χ2n) is 9.30. The summed E-state index contributed by atoms with van der Waals surface area (Å²) in [6.45, 7) is 4.25. The zero-order chi connectivity index (χ0) is 26.8. The summed E-state index contributed by atoms with van der Waals surface area (Å²) in [4.78, 5) is 41.1. The monoisotopic (exact) mass is 518 g/mol. The highest BCUT2D eigenvalue weighted by Crippen LogP contribution is 2.36. The normalized spacial score (nSPS) is 15.8. The molecule has 12 heteroatoms. The molecule has 0 spiro atoms. The van der Waals surface area contributed by atoms with Crippen LogP contribution in [0.25, 0.3) is 0 Å². The third-order valence-corrected chi connectivity index (χ3v) is 6.63. The van der Waals surface area contributed by atoms with Crippen molar-refractivity contribution in [1.82, 2.24) is 19.8 Å². The number of piperazine rings is 1. The summed E-state index contributed by atoms with van der Waals surface area (Å²) >= 11 is 0. The number of carbonyl (C=O) groups excluding carboxylic acids is 1. The summed E-state index contributed by atoms with van der Waals surface area (Å²) in [5.74, 6) is 1.38. The number of carbonyl (C=O) groups is 2. The van der Waals surface area contributed by atoms with Gasteiger partial charge in [-0.05, 0) is 37.4 Å². The standard InChI is InChI=1S/C26H30N8O4/c1-31-9-11-33(12-10-31)19-7-8-21(22(14-19)38-3)29-24-27-15-17-16-32(2)26(37)34(23(17)30-24)20-6-4-5-18(13-20)28-25(35)36/h4-8,13-15,28H,9-12,16H2,1-3H3,(H,35,36)(H,27,29,30). The van der Waals surface area contributed by atoms with E-state index in [1.807, 2.05) is 18.2 Å². The highest BCUT2D eigenvalue weighted by molar-refractivity contribution is 6.01. The fourth-order valence-corrected chi connectivity index (χ4v) is 4.59. The van der Waals surface area contributed by atoms with E-state index in [0.29, 0.717) is 41.1 Å². The third kappa shape index (κ3) is 5.11. The Labute approximate surface area is 220 Å². The third-order valence-electron chi connectivity index (χ3n) is 6.63. The van der Waals surface area contributed by atoms with Crippen molar-refractivity contribution in [3.05, 3.63) is 54.2 Å². The van der Waals surface area contributed by atoms with Crippen LogP contribution in [0.3, 0.4) is 0 Å². The first-order chi connectivity index (χ1) is 18.3. The molecule has 12 nitrogen and oxygen atoms in total. The van der Waals surface area contributed by atoms with Crippen LogP contribution >= 0.6 is 0 Å². The Hall–Kier alpha value is -4.58. The van der Waals surface area contributed by atoms with Crippen molar-refractivity contribution >= 4 is 46.6 Å². The summed E-state index contributed by atoms with van der Waals surface area (Å²) in [7, 11) is 5.44. The Morgan fingerprint density at radius 1 is 1.05 bits per heavy atom. The van der Waals surface area contributed by atoms with Crippen LogP contribution < -0.4 is 25.2 Å². The molecular formula is C26H30N8O4. The van der Waals surface area contributed by atoms with Gasteiger partial charge in [-0.15, -0.1) is 0 Å². The van der Waals surface area contributed by atoms with Crippen molar-refractivity contribution in [2.45, 2.75) is 6.54 Å². The molecular weight excluding hydrogens is 488 g/mol. The molecule has 0 unspecified atom stereocenters. The number of amides is 3. The topological polar surface area (TPSA) is 126 Å². The first kappa shape index (κ1) is 25.1. The van der Waals surface area contributed by atoms with E-state index in [-0.39, 0.29) is 6.03 Å². The molecule has 0 atom stereocenters. The van der Waals surface area contributed by atoms with Gasteiger partial charge >= 0.3 is 12.1 Å². The maximum atomic E-state index is 13.2. The summed E-state index contributed by atoms with van der Waals surface area (Å²) in [6, 6.07) is 12.3. The van der Waals surface area contributed by atoms with Crippen molar-refractivity contribution in [3.63, 3.8) is 0 Å². The maximum Gasteiger partial charge on any atom is 0.409 e. The van der Waals surface area contributed by atoms with Crippen LogP contribution in [-0.4, -0.2) is 84.4 Å². The van der Waals surface area contributed by atoms with Gasteiger partial charge in [-0.1, -0.05) is 6.07 Å². The average Bonchev–Trinajstić information content (AvgIpc) is 2.90. The highest BCUT2D eigenvalue weighted by Gasteiger charge is 2.32. The first-order valence-corrected chi connectivity index (χ1v) is 12.2. The molecule has 1 fully saturated rings. The first-order valence-electron chi connectivity index (χ1n) is 12.2. The van der Waals surface area contributed by atoms with Crippen molar-refractivity contribution < 1.29 is 19.4 Å². The van der Waals surface area contributed by atoms with Gasteiger partial charge in [-0.3, -0.25) is 5.32 Å². The fourth-order valence-electron chi connectivity index (χ4n) is 4.59. The van der Waals surface area contributed by atoms with Crippen LogP contribution in [-0.2, 0) is 6.54 Å². The van der Waals surface area contributed by atoms with E-state index in [4.69, 9.17) is 9.84 Å². The lowest BCUT2D eigenvalue weighted by Gasteiger charge is -2.34. The van der Waals surface area contributed by atoms with Gasteiger partial charge in [0.2, 0.25) is 5.95 Å². The van der Waals surface area contributed by atoms with Gasteiger partial charge in [-0.2, -0.15) is 4.98 Å². The molecule has 0 bridgehead atoms. The lowest BCUT2D eigenvalue weighted by atomic mass is 10.2. The van der Waals surface area contributed by atoms with Gasteiger partial charge < -0.3 is 29.9 Å². The second-order valence-corrected chi connectivity index (χ2v) is 9.30. The quantitative estimate of drug-likeness (QED) is 0.447. The Balaban J connectivity index is 1.44. The lowest BCUT2D eigenvalue weighted by molar-refractivity contribution is 0.209. The maximum absolute atomic E-state index is 13.2. The zero-order valence-corrected chi connectivity index (χ0v) is 21.5. The van der Waals surface area contributed by atoms with Crippen molar-refractivity contribution in [2.75, 3.05) is 67.8 Å². The van der Waals surface area contributed by atoms with E-state index < -0.39 is 6.09 Å². The van der Waals surface area contributed by atoms with Crippen molar-refractivity contribution in [3.8, 4) is 5.75 Å². The number of benzene rings is 2. The molecule has 198 valence electrons. The minimum Gasteiger partial charge on any atom is -0.494 e. The van der Waals surface area contributed by atoms with E-state index in [1.165, 1.54) is 4.90 Å². The van der Waals surface area contributed by atoms with Gasteiger partial charge in [0, 0.05) is 62.4 Å². The van der Waals surface area contributed by atoms with Gasteiger partial charge in [-0.25, -0.2) is 19.5 Å². The van der Waals surface area contributed by atoms with Crippen LogP contribution in [0.5, 0.6) is 5.75 Å². The van der Waals surface area contributed by atoms with Gasteiger partial charge in [0.15, 0.2) is 5.82 Å². The number of anilines is 6. The predicted molar refractivity (Wildman–Crippen MR) is 145 cm³/mol. The SMILES string of the molecule is COc1cc(N2CCN(C)CC2)ccc1Nc1ncc2c(n1)N(c1cccc(NC(=O)O)c1)C(=O)N(C)C2. The van der Waals surface area contributed by atoms with Crippen LogP contribution in [0.4, 0.5) is 44.1 Å². The van der Waals surface area contributed by atoms with E-state index >= 15 is 0 Å². The fraction of sp³-hybridized carbons (Fsp3) is 0.308. The molecule has 3 amide bonds. The summed E-state index contributed by atoms with van der Waals surface area (Å²) in [5, 5.41) is 14.6. The lowest BCUT2D eigenvalue weighted by Crippen LogP contribution is -2.44. The van der Waals surface area contributed by atoms with Crippen molar-refractivity contribution in [2.24, 2.45) is 0 Å².